The summed E-state index contributed by atoms with van der Waals surface area (Å²) in [4.78, 5) is 15.1. The molecular weight excluding hydrogens is 336 g/mol. The largest absolute Gasteiger partial charge is 0.497 e. The maximum absolute atomic E-state index is 13.3. The Morgan fingerprint density at radius 2 is 2.12 bits per heavy atom. The Balaban J connectivity index is 2.01. The fraction of sp³-hybridized carbons (Fsp3) is 0.474. The van der Waals surface area contributed by atoms with Crippen molar-refractivity contribution in [1.29, 1.82) is 0 Å². The summed E-state index contributed by atoms with van der Waals surface area (Å²) < 4.78 is 15.8. The number of aromatic nitrogens is 1. The molecule has 1 saturated heterocycles. The summed E-state index contributed by atoms with van der Waals surface area (Å²) in [6.07, 6.45) is 0.886. The number of methoxy groups -OCH3 is 2. The molecule has 7 heteroatoms. The molecule has 1 aliphatic heterocycles. The summed E-state index contributed by atoms with van der Waals surface area (Å²) in [5.41, 5.74) is 1.47. The molecule has 0 aliphatic carbocycles. The number of aliphatic hydroxyl groups is 1. The number of nitrogens with zero attached hydrogens (tertiary/aromatic N) is 2. The lowest BCUT2D eigenvalue weighted by Crippen LogP contribution is -2.38. The second kappa shape index (κ2) is 7.88. The van der Waals surface area contributed by atoms with Crippen molar-refractivity contribution < 1.29 is 23.9 Å². The molecule has 0 bridgehead atoms. The number of hydrogen-bond acceptors (Lipinski definition) is 6. The number of aliphatic hydroxyl groups excluding tert-OH is 1. The van der Waals surface area contributed by atoms with E-state index in [0.717, 1.165) is 18.4 Å². The van der Waals surface area contributed by atoms with E-state index in [1.807, 2.05) is 12.1 Å². The molecule has 140 valence electrons. The quantitative estimate of drug-likeness (QED) is 0.852. The normalized spacial score (nSPS) is 18.2. The van der Waals surface area contributed by atoms with Crippen molar-refractivity contribution in [2.75, 3.05) is 27.4 Å². The molecule has 3 rings (SSSR count). The molecule has 0 spiro atoms. The molecule has 1 aromatic heterocycles. The smallest absolute Gasteiger partial charge is 0.260 e. The van der Waals surface area contributed by atoms with Gasteiger partial charge in [0.05, 0.1) is 19.8 Å². The highest BCUT2D eigenvalue weighted by molar-refractivity contribution is 6.01. The third-order valence-electron chi connectivity index (χ3n) is 4.67. The van der Waals surface area contributed by atoms with Crippen LogP contribution in [0.25, 0.3) is 11.3 Å². The molecule has 2 heterocycles. The first-order valence-electron chi connectivity index (χ1n) is 8.68. The second-order valence-corrected chi connectivity index (χ2v) is 6.42. The zero-order valence-corrected chi connectivity index (χ0v) is 15.3. The predicted octanol–water partition coefficient (Wildman–Crippen LogP) is 2.65. The summed E-state index contributed by atoms with van der Waals surface area (Å²) in [5, 5.41) is 14.1. The fourth-order valence-corrected chi connectivity index (χ4v) is 3.35. The van der Waals surface area contributed by atoms with Crippen LogP contribution < -0.4 is 4.74 Å². The van der Waals surface area contributed by atoms with E-state index in [-0.39, 0.29) is 17.7 Å². The Labute approximate surface area is 152 Å². The zero-order valence-electron chi connectivity index (χ0n) is 15.3. The van der Waals surface area contributed by atoms with E-state index in [1.54, 1.807) is 38.2 Å². The highest BCUT2D eigenvalue weighted by Crippen LogP contribution is 2.33. The Kier molecular flexibility index (Phi) is 5.58. The zero-order chi connectivity index (χ0) is 18.7. The van der Waals surface area contributed by atoms with Crippen molar-refractivity contribution in [2.24, 2.45) is 0 Å². The van der Waals surface area contributed by atoms with E-state index >= 15 is 0 Å². The van der Waals surface area contributed by atoms with Crippen LogP contribution >= 0.6 is 0 Å². The summed E-state index contributed by atoms with van der Waals surface area (Å²) in [7, 11) is 3.22. The average Bonchev–Trinajstić information content (AvgIpc) is 3.28. The first-order chi connectivity index (χ1) is 12.6. The SMILES string of the molecule is COC[C@H]1CCCN1C(=O)c1c(-c2ccc(OC)cc2)noc1[C@H](C)O. The van der Waals surface area contributed by atoms with Gasteiger partial charge in [-0.15, -0.1) is 0 Å². The van der Waals surface area contributed by atoms with E-state index in [2.05, 4.69) is 5.16 Å². The van der Waals surface area contributed by atoms with Crippen LogP contribution in [0.1, 0.15) is 42.0 Å². The van der Waals surface area contributed by atoms with Gasteiger partial charge in [-0.3, -0.25) is 4.79 Å². The van der Waals surface area contributed by atoms with Gasteiger partial charge in [-0.25, -0.2) is 0 Å². The lowest BCUT2D eigenvalue weighted by atomic mass is 10.0. The molecule has 2 aromatic rings. The van der Waals surface area contributed by atoms with Crippen molar-refractivity contribution in [3.8, 4) is 17.0 Å². The molecule has 1 amide bonds. The number of carbonyl (C=O) groups excluding carboxylic acids is 1. The Morgan fingerprint density at radius 1 is 1.38 bits per heavy atom. The highest BCUT2D eigenvalue weighted by atomic mass is 16.5. The molecule has 1 aliphatic rings. The topological polar surface area (TPSA) is 85.0 Å². The van der Waals surface area contributed by atoms with Crippen LogP contribution in [0.15, 0.2) is 28.8 Å². The van der Waals surface area contributed by atoms with Crippen LogP contribution in [0.5, 0.6) is 5.75 Å². The van der Waals surface area contributed by atoms with E-state index in [1.165, 1.54) is 0 Å². The molecule has 0 radical (unpaired) electrons. The number of ether oxygens (including phenoxy) is 2. The van der Waals surface area contributed by atoms with Gasteiger partial charge in [0.25, 0.3) is 5.91 Å². The van der Waals surface area contributed by atoms with Gasteiger partial charge in [-0.1, -0.05) is 5.16 Å². The Bertz CT molecular complexity index is 754. The minimum absolute atomic E-state index is 0.0213. The molecule has 1 fully saturated rings. The van der Waals surface area contributed by atoms with Gasteiger partial charge in [0.1, 0.15) is 23.1 Å². The molecule has 2 atom stereocenters. The number of benzene rings is 1. The van der Waals surface area contributed by atoms with Gasteiger partial charge in [0.2, 0.25) is 0 Å². The van der Waals surface area contributed by atoms with Crippen LogP contribution in [-0.2, 0) is 4.74 Å². The first-order valence-corrected chi connectivity index (χ1v) is 8.68. The Hall–Kier alpha value is -2.38. The van der Waals surface area contributed by atoms with Gasteiger partial charge in [-0.2, -0.15) is 0 Å². The number of amides is 1. The molecule has 0 unspecified atom stereocenters. The summed E-state index contributed by atoms with van der Waals surface area (Å²) in [6, 6.07) is 7.24. The minimum Gasteiger partial charge on any atom is -0.497 e. The first kappa shape index (κ1) is 18.4. The van der Waals surface area contributed by atoms with Gasteiger partial charge < -0.3 is 24.0 Å². The monoisotopic (exact) mass is 360 g/mol. The standard InChI is InChI=1S/C19H24N2O5/c1-12(22)18-16(19(23)21-10-4-5-14(21)11-24-2)17(20-26-18)13-6-8-15(25-3)9-7-13/h6-9,12,14,22H,4-5,10-11H2,1-3H3/t12-,14+/m0/s1. The lowest BCUT2D eigenvalue weighted by molar-refractivity contribution is 0.0621. The van der Waals surface area contributed by atoms with Crippen LogP contribution in [0, 0.1) is 0 Å². The maximum Gasteiger partial charge on any atom is 0.260 e. The second-order valence-electron chi connectivity index (χ2n) is 6.42. The van der Waals surface area contributed by atoms with Gasteiger partial charge >= 0.3 is 0 Å². The number of likely N-dealkylation sites (tertiary alicyclic amines) is 1. The molecule has 1 aromatic carbocycles. The Morgan fingerprint density at radius 3 is 2.73 bits per heavy atom. The van der Waals surface area contributed by atoms with Crippen LogP contribution in [0.2, 0.25) is 0 Å². The van der Waals surface area contributed by atoms with Crippen molar-refractivity contribution in [2.45, 2.75) is 31.9 Å². The van der Waals surface area contributed by atoms with Gasteiger partial charge in [0.15, 0.2) is 5.76 Å². The van der Waals surface area contributed by atoms with E-state index < -0.39 is 6.10 Å². The van der Waals surface area contributed by atoms with E-state index in [0.29, 0.717) is 30.2 Å². The van der Waals surface area contributed by atoms with Crippen LogP contribution in [0.3, 0.4) is 0 Å². The molecule has 1 N–H and O–H groups in total. The highest BCUT2D eigenvalue weighted by Gasteiger charge is 2.35. The summed E-state index contributed by atoms with van der Waals surface area (Å²) in [5.74, 6) is 0.706. The number of rotatable bonds is 6. The third-order valence-corrected chi connectivity index (χ3v) is 4.67. The molecule has 0 saturated carbocycles. The number of hydrogen-bond donors (Lipinski definition) is 1. The summed E-state index contributed by atoms with van der Waals surface area (Å²) >= 11 is 0. The van der Waals surface area contributed by atoms with Crippen molar-refractivity contribution in [3.05, 3.63) is 35.6 Å². The molecular formula is C19H24N2O5. The van der Waals surface area contributed by atoms with Gasteiger partial charge in [0, 0.05) is 19.2 Å². The van der Waals surface area contributed by atoms with Crippen molar-refractivity contribution in [3.63, 3.8) is 0 Å². The van der Waals surface area contributed by atoms with Crippen molar-refractivity contribution >= 4 is 5.91 Å². The van der Waals surface area contributed by atoms with E-state index in [4.69, 9.17) is 14.0 Å². The van der Waals surface area contributed by atoms with Crippen LogP contribution in [0.4, 0.5) is 0 Å². The summed E-state index contributed by atoms with van der Waals surface area (Å²) in [6.45, 7) is 2.70. The van der Waals surface area contributed by atoms with Gasteiger partial charge in [-0.05, 0) is 44.0 Å². The predicted molar refractivity (Wildman–Crippen MR) is 95.1 cm³/mol. The van der Waals surface area contributed by atoms with Crippen LogP contribution in [-0.4, -0.2) is 54.5 Å². The third kappa shape index (κ3) is 3.45. The molecule has 26 heavy (non-hydrogen) atoms. The average molecular weight is 360 g/mol. The minimum atomic E-state index is -0.933. The fourth-order valence-electron chi connectivity index (χ4n) is 3.35. The van der Waals surface area contributed by atoms with E-state index in [9.17, 15) is 9.90 Å². The van der Waals surface area contributed by atoms with Crippen molar-refractivity contribution in [1.82, 2.24) is 10.1 Å². The lowest BCUT2D eigenvalue weighted by Gasteiger charge is -2.24. The molecule has 7 nitrogen and oxygen atoms in total. The maximum atomic E-state index is 13.3. The number of carbonyl (C=O) groups is 1.